The predicted molar refractivity (Wildman–Crippen MR) is 87.6 cm³/mol. The molecule has 2 heterocycles. The van der Waals surface area contributed by atoms with Crippen molar-refractivity contribution in [2.45, 2.75) is 13.8 Å². The molecule has 0 saturated carbocycles. The molecule has 2 aromatic carbocycles. The Labute approximate surface area is 125 Å². The SMILES string of the molecule is Cc1cc(C)c2oc(=O)c3c(=O)c4ccccc4[nH]c3c2c1. The number of rotatable bonds is 0. The smallest absolute Gasteiger partial charge is 0.349 e. The van der Waals surface area contributed by atoms with Gasteiger partial charge >= 0.3 is 5.63 Å². The number of benzene rings is 2. The number of aromatic nitrogens is 1. The minimum absolute atomic E-state index is 0.0798. The monoisotopic (exact) mass is 291 g/mol. The lowest BCUT2D eigenvalue weighted by molar-refractivity contribution is 0.566. The van der Waals surface area contributed by atoms with Gasteiger partial charge in [-0.25, -0.2) is 4.79 Å². The molecule has 4 rings (SSSR count). The highest BCUT2D eigenvalue weighted by molar-refractivity contribution is 6.06. The van der Waals surface area contributed by atoms with Crippen LogP contribution >= 0.6 is 0 Å². The summed E-state index contributed by atoms with van der Waals surface area (Å²) in [6.45, 7) is 3.87. The van der Waals surface area contributed by atoms with E-state index in [4.69, 9.17) is 4.42 Å². The van der Waals surface area contributed by atoms with Crippen LogP contribution in [0.2, 0.25) is 0 Å². The lowest BCUT2D eigenvalue weighted by atomic mass is 10.0. The molecule has 0 unspecified atom stereocenters. The molecule has 0 saturated heterocycles. The summed E-state index contributed by atoms with van der Waals surface area (Å²) in [5, 5.41) is 1.33. The number of hydrogen-bond donors (Lipinski definition) is 1. The fourth-order valence-electron chi connectivity index (χ4n) is 3.05. The summed E-state index contributed by atoms with van der Waals surface area (Å²) in [4.78, 5) is 28.2. The van der Waals surface area contributed by atoms with Gasteiger partial charge in [0.05, 0.1) is 5.52 Å². The highest BCUT2D eigenvalue weighted by Gasteiger charge is 2.15. The highest BCUT2D eigenvalue weighted by atomic mass is 16.4. The van der Waals surface area contributed by atoms with E-state index in [2.05, 4.69) is 4.98 Å². The predicted octanol–water partition coefficient (Wildman–Crippen LogP) is 3.40. The van der Waals surface area contributed by atoms with Crippen LogP contribution in [0.1, 0.15) is 11.1 Å². The molecule has 0 aliphatic carbocycles. The molecule has 0 aliphatic heterocycles. The van der Waals surface area contributed by atoms with Crippen LogP contribution in [0.4, 0.5) is 0 Å². The molecule has 2 aromatic heterocycles. The van der Waals surface area contributed by atoms with Crippen LogP contribution < -0.4 is 11.1 Å². The van der Waals surface area contributed by atoms with Gasteiger partial charge in [-0.05, 0) is 43.2 Å². The summed E-state index contributed by atoms with van der Waals surface area (Å²) < 4.78 is 5.41. The first-order valence-electron chi connectivity index (χ1n) is 7.05. The third-order valence-corrected chi connectivity index (χ3v) is 4.00. The van der Waals surface area contributed by atoms with Crippen molar-refractivity contribution in [3.8, 4) is 0 Å². The number of H-pyrrole nitrogens is 1. The minimum atomic E-state index is -0.596. The van der Waals surface area contributed by atoms with Gasteiger partial charge in [0, 0.05) is 16.3 Å². The van der Waals surface area contributed by atoms with Gasteiger partial charge < -0.3 is 9.40 Å². The van der Waals surface area contributed by atoms with E-state index in [1.54, 1.807) is 12.1 Å². The normalized spacial score (nSPS) is 11.5. The van der Waals surface area contributed by atoms with Crippen molar-refractivity contribution in [3.05, 3.63) is 68.2 Å². The molecular formula is C18H13NO3. The number of aryl methyl sites for hydroxylation is 2. The van der Waals surface area contributed by atoms with Crippen molar-refractivity contribution in [2.24, 2.45) is 0 Å². The number of hydrogen-bond acceptors (Lipinski definition) is 3. The fraction of sp³-hybridized carbons (Fsp3) is 0.111. The van der Waals surface area contributed by atoms with E-state index in [1.165, 1.54) is 0 Å². The Hall–Kier alpha value is -2.88. The van der Waals surface area contributed by atoms with E-state index < -0.39 is 5.63 Å². The maximum atomic E-state index is 12.6. The standard InChI is InChI=1S/C18H13NO3/c1-9-7-10(2)17-12(8-9)15-14(18(21)22-17)16(20)11-5-3-4-6-13(11)19-15/h3-8H,1-2H3,(H,19,20). The van der Waals surface area contributed by atoms with Gasteiger partial charge in [0.1, 0.15) is 11.0 Å². The van der Waals surface area contributed by atoms with Crippen LogP contribution in [0.15, 0.2) is 50.4 Å². The minimum Gasteiger partial charge on any atom is -0.422 e. The Balaban J connectivity index is 2.41. The molecule has 0 aliphatic rings. The topological polar surface area (TPSA) is 63.1 Å². The summed E-state index contributed by atoms with van der Waals surface area (Å²) in [6, 6.07) is 11.1. The largest absolute Gasteiger partial charge is 0.422 e. The summed E-state index contributed by atoms with van der Waals surface area (Å²) in [5.74, 6) is 0. The Morgan fingerprint density at radius 3 is 2.59 bits per heavy atom. The number of nitrogens with one attached hydrogen (secondary N) is 1. The summed E-state index contributed by atoms with van der Waals surface area (Å²) in [7, 11) is 0. The molecule has 0 atom stereocenters. The van der Waals surface area contributed by atoms with Crippen molar-refractivity contribution in [1.82, 2.24) is 4.98 Å². The second-order valence-corrected chi connectivity index (χ2v) is 5.60. The zero-order chi connectivity index (χ0) is 15.4. The molecule has 4 nitrogen and oxygen atoms in total. The van der Waals surface area contributed by atoms with Crippen molar-refractivity contribution in [2.75, 3.05) is 0 Å². The Morgan fingerprint density at radius 2 is 1.77 bits per heavy atom. The second kappa shape index (κ2) is 4.31. The van der Waals surface area contributed by atoms with Crippen molar-refractivity contribution in [3.63, 3.8) is 0 Å². The molecule has 0 radical (unpaired) electrons. The molecule has 1 N–H and O–H groups in total. The third kappa shape index (κ3) is 1.64. The van der Waals surface area contributed by atoms with Gasteiger partial charge in [-0.15, -0.1) is 0 Å². The van der Waals surface area contributed by atoms with E-state index >= 15 is 0 Å². The van der Waals surface area contributed by atoms with Crippen molar-refractivity contribution < 1.29 is 4.42 Å². The quantitative estimate of drug-likeness (QED) is 0.307. The highest BCUT2D eigenvalue weighted by Crippen LogP contribution is 2.25. The summed E-state index contributed by atoms with van der Waals surface area (Å²) >= 11 is 0. The second-order valence-electron chi connectivity index (χ2n) is 5.60. The molecule has 0 fully saturated rings. The van der Waals surface area contributed by atoms with E-state index in [0.717, 1.165) is 16.5 Å². The Bertz CT molecular complexity index is 1180. The average molecular weight is 291 g/mol. The van der Waals surface area contributed by atoms with Gasteiger partial charge in [0.25, 0.3) is 0 Å². The van der Waals surface area contributed by atoms with Crippen LogP contribution in [0.5, 0.6) is 0 Å². The average Bonchev–Trinajstić information content (AvgIpc) is 2.49. The Kier molecular flexibility index (Phi) is 2.51. The van der Waals surface area contributed by atoms with Gasteiger partial charge in [-0.3, -0.25) is 4.79 Å². The number of para-hydroxylation sites is 1. The first-order chi connectivity index (χ1) is 10.6. The maximum Gasteiger partial charge on any atom is 0.349 e. The van der Waals surface area contributed by atoms with E-state index in [1.807, 2.05) is 38.1 Å². The third-order valence-electron chi connectivity index (χ3n) is 4.00. The van der Waals surface area contributed by atoms with Gasteiger partial charge in [0.2, 0.25) is 5.43 Å². The molecule has 22 heavy (non-hydrogen) atoms. The summed E-state index contributed by atoms with van der Waals surface area (Å²) in [6.07, 6.45) is 0. The van der Waals surface area contributed by atoms with Crippen LogP contribution in [0.25, 0.3) is 32.8 Å². The molecule has 0 amide bonds. The van der Waals surface area contributed by atoms with Crippen LogP contribution in [0, 0.1) is 13.8 Å². The lowest BCUT2D eigenvalue weighted by Gasteiger charge is -2.07. The van der Waals surface area contributed by atoms with Crippen LogP contribution in [-0.2, 0) is 0 Å². The molecule has 0 spiro atoms. The molecule has 4 heteroatoms. The van der Waals surface area contributed by atoms with Crippen molar-refractivity contribution >= 4 is 32.8 Å². The fourth-order valence-corrected chi connectivity index (χ4v) is 3.05. The first kappa shape index (κ1) is 12.8. The zero-order valence-corrected chi connectivity index (χ0v) is 12.2. The number of pyridine rings is 1. The van der Waals surface area contributed by atoms with Gasteiger partial charge in [-0.1, -0.05) is 18.2 Å². The van der Waals surface area contributed by atoms with Crippen LogP contribution in [-0.4, -0.2) is 4.98 Å². The molecule has 0 bridgehead atoms. The van der Waals surface area contributed by atoms with E-state index in [9.17, 15) is 9.59 Å². The Morgan fingerprint density at radius 1 is 1.00 bits per heavy atom. The summed E-state index contributed by atoms with van der Waals surface area (Å²) in [5.41, 5.74) is 2.82. The van der Waals surface area contributed by atoms with Gasteiger partial charge in [-0.2, -0.15) is 0 Å². The lowest BCUT2D eigenvalue weighted by Crippen LogP contribution is -2.14. The van der Waals surface area contributed by atoms with Gasteiger partial charge in [0.15, 0.2) is 0 Å². The van der Waals surface area contributed by atoms with Crippen LogP contribution in [0.3, 0.4) is 0 Å². The van der Waals surface area contributed by atoms with E-state index in [0.29, 0.717) is 22.0 Å². The van der Waals surface area contributed by atoms with Crippen molar-refractivity contribution in [1.29, 1.82) is 0 Å². The first-order valence-corrected chi connectivity index (χ1v) is 7.05. The molecule has 4 aromatic rings. The maximum absolute atomic E-state index is 12.6. The van der Waals surface area contributed by atoms with E-state index in [-0.39, 0.29) is 10.8 Å². The molecular weight excluding hydrogens is 278 g/mol. The number of fused-ring (bicyclic) bond motifs is 4. The zero-order valence-electron chi connectivity index (χ0n) is 12.2. The number of aromatic amines is 1. The molecule has 108 valence electrons.